The molecule has 0 saturated carbocycles. The molecule has 0 aliphatic carbocycles. The third-order valence-electron chi connectivity index (χ3n) is 5.65. The van der Waals surface area contributed by atoms with E-state index in [1.54, 1.807) is 21.7 Å². The lowest BCUT2D eigenvalue weighted by Gasteiger charge is -2.35. The van der Waals surface area contributed by atoms with Gasteiger partial charge < -0.3 is 0 Å². The summed E-state index contributed by atoms with van der Waals surface area (Å²) in [6.45, 7) is 2.53. The number of sulfonamides is 1. The van der Waals surface area contributed by atoms with Crippen molar-refractivity contribution in [3.8, 4) is 0 Å². The number of rotatable bonds is 3. The monoisotopic (exact) mass is 419 g/mol. The van der Waals surface area contributed by atoms with Crippen molar-refractivity contribution in [3.63, 3.8) is 0 Å². The average Bonchev–Trinajstić information content (AvgIpc) is 3.22. The maximum absolute atomic E-state index is 13.9. The Morgan fingerprint density at radius 2 is 1.69 bits per heavy atom. The molecule has 0 fully saturated rings. The Labute approximate surface area is 175 Å². The highest BCUT2D eigenvalue weighted by atomic mass is 32.2. The molecule has 0 spiro atoms. The number of fused-ring (bicyclic) bond motifs is 2. The van der Waals surface area contributed by atoms with Gasteiger partial charge in [-0.1, -0.05) is 66.2 Å². The summed E-state index contributed by atoms with van der Waals surface area (Å²) >= 11 is 1.72. The van der Waals surface area contributed by atoms with Crippen molar-refractivity contribution in [1.29, 1.82) is 0 Å². The highest BCUT2D eigenvalue weighted by Crippen LogP contribution is 2.41. The fraction of sp³-hybridized carbons (Fsp3) is 0.167. The first-order valence-electron chi connectivity index (χ1n) is 9.68. The first-order chi connectivity index (χ1) is 14.1. The Hall–Kier alpha value is -2.47. The summed E-state index contributed by atoms with van der Waals surface area (Å²) in [5.41, 5.74) is 3.28. The molecule has 4 aromatic rings. The molecule has 3 nitrogen and oxygen atoms in total. The molecule has 1 aliphatic rings. The van der Waals surface area contributed by atoms with Gasteiger partial charge in [0.2, 0.25) is 10.0 Å². The Morgan fingerprint density at radius 3 is 2.52 bits per heavy atom. The fourth-order valence-electron chi connectivity index (χ4n) is 4.19. The number of hydrogen-bond donors (Lipinski definition) is 0. The van der Waals surface area contributed by atoms with E-state index in [-0.39, 0.29) is 6.04 Å². The molecule has 1 aromatic heterocycles. The molecule has 1 atom stereocenters. The van der Waals surface area contributed by atoms with Crippen LogP contribution in [0.1, 0.15) is 27.6 Å². The van der Waals surface area contributed by atoms with E-state index in [9.17, 15) is 8.42 Å². The SMILES string of the molecule is Cc1ccc(C2c3ccsc3CCN2S(=O)(=O)c2cccc3ccccc23)cc1. The molecular weight excluding hydrogens is 398 g/mol. The minimum Gasteiger partial charge on any atom is -0.207 e. The predicted molar refractivity (Wildman–Crippen MR) is 119 cm³/mol. The molecule has 0 saturated heterocycles. The van der Waals surface area contributed by atoms with Gasteiger partial charge >= 0.3 is 0 Å². The van der Waals surface area contributed by atoms with E-state index in [2.05, 4.69) is 35.7 Å². The van der Waals surface area contributed by atoms with Gasteiger partial charge in [0, 0.05) is 16.8 Å². The Bertz CT molecular complexity index is 1280. The number of benzene rings is 3. The molecule has 146 valence electrons. The van der Waals surface area contributed by atoms with E-state index in [4.69, 9.17) is 0 Å². The van der Waals surface area contributed by atoms with Crippen LogP contribution in [0.4, 0.5) is 0 Å². The smallest absolute Gasteiger partial charge is 0.207 e. The summed E-state index contributed by atoms with van der Waals surface area (Å²) in [5, 5.41) is 3.78. The normalized spacial score (nSPS) is 17.3. The molecule has 5 rings (SSSR count). The number of hydrogen-bond acceptors (Lipinski definition) is 3. The van der Waals surface area contributed by atoms with Crippen molar-refractivity contribution in [2.75, 3.05) is 6.54 Å². The van der Waals surface area contributed by atoms with Crippen molar-refractivity contribution in [3.05, 3.63) is 99.7 Å². The summed E-state index contributed by atoms with van der Waals surface area (Å²) in [7, 11) is -3.68. The summed E-state index contributed by atoms with van der Waals surface area (Å²) in [6.07, 6.45) is 0.749. The van der Waals surface area contributed by atoms with Gasteiger partial charge in [-0.05, 0) is 47.4 Å². The standard InChI is InChI=1S/C24H21NO2S2/c1-17-9-11-19(12-10-17)24-21-14-16-28-22(21)13-15-25(24)29(26,27)23-8-4-6-18-5-2-3-7-20(18)23/h2-12,14,16,24H,13,15H2,1H3. The van der Waals surface area contributed by atoms with Crippen molar-refractivity contribution in [2.45, 2.75) is 24.3 Å². The summed E-state index contributed by atoms with van der Waals surface area (Å²) < 4.78 is 29.5. The lowest BCUT2D eigenvalue weighted by atomic mass is 9.95. The van der Waals surface area contributed by atoms with Gasteiger partial charge in [0.05, 0.1) is 10.9 Å². The third kappa shape index (κ3) is 3.10. The fourth-order valence-corrected chi connectivity index (χ4v) is 6.91. The van der Waals surface area contributed by atoms with Crippen molar-refractivity contribution in [2.24, 2.45) is 0 Å². The molecule has 0 radical (unpaired) electrons. The minimum absolute atomic E-state index is 0.297. The Balaban J connectivity index is 1.69. The Kier molecular flexibility index (Phi) is 4.54. The highest BCUT2D eigenvalue weighted by Gasteiger charge is 2.38. The summed E-state index contributed by atoms with van der Waals surface area (Å²) in [4.78, 5) is 1.66. The van der Waals surface area contributed by atoms with Crippen molar-refractivity contribution in [1.82, 2.24) is 4.31 Å². The zero-order chi connectivity index (χ0) is 20.0. The average molecular weight is 420 g/mol. The second-order valence-electron chi connectivity index (χ2n) is 7.46. The highest BCUT2D eigenvalue weighted by molar-refractivity contribution is 7.89. The Morgan fingerprint density at radius 1 is 0.931 bits per heavy atom. The molecule has 0 amide bonds. The lowest BCUT2D eigenvalue weighted by Crippen LogP contribution is -2.40. The second-order valence-corrected chi connectivity index (χ2v) is 10.3. The molecular formula is C24H21NO2S2. The summed E-state index contributed by atoms with van der Waals surface area (Å²) in [5.74, 6) is 0. The summed E-state index contributed by atoms with van der Waals surface area (Å²) in [6, 6.07) is 23.2. The van der Waals surface area contributed by atoms with E-state index in [0.29, 0.717) is 11.4 Å². The first kappa shape index (κ1) is 18.6. The molecule has 2 heterocycles. The molecule has 0 bridgehead atoms. The number of nitrogens with zero attached hydrogens (tertiary/aromatic N) is 1. The maximum Gasteiger partial charge on any atom is 0.244 e. The van der Waals surface area contributed by atoms with E-state index in [0.717, 1.165) is 28.3 Å². The van der Waals surface area contributed by atoms with Crippen molar-refractivity contribution >= 4 is 32.1 Å². The van der Waals surface area contributed by atoms with Crippen LogP contribution in [0.5, 0.6) is 0 Å². The van der Waals surface area contributed by atoms with Crippen LogP contribution in [0, 0.1) is 6.92 Å². The molecule has 0 N–H and O–H groups in total. The van der Waals surface area contributed by atoms with E-state index >= 15 is 0 Å². The van der Waals surface area contributed by atoms with Gasteiger partial charge in [0.25, 0.3) is 0 Å². The largest absolute Gasteiger partial charge is 0.244 e. The number of aryl methyl sites for hydroxylation is 1. The minimum atomic E-state index is -3.68. The molecule has 5 heteroatoms. The molecule has 1 unspecified atom stereocenters. The third-order valence-corrected chi connectivity index (χ3v) is 8.57. The van der Waals surface area contributed by atoms with E-state index in [1.807, 2.05) is 43.3 Å². The zero-order valence-electron chi connectivity index (χ0n) is 16.1. The van der Waals surface area contributed by atoms with E-state index < -0.39 is 10.0 Å². The van der Waals surface area contributed by atoms with Gasteiger partial charge in [-0.2, -0.15) is 4.31 Å². The van der Waals surface area contributed by atoms with Gasteiger partial charge in [0.15, 0.2) is 0 Å². The van der Waals surface area contributed by atoms with Crippen LogP contribution in [0.3, 0.4) is 0 Å². The van der Waals surface area contributed by atoms with Crippen LogP contribution < -0.4 is 0 Å². The van der Waals surface area contributed by atoms with Crippen molar-refractivity contribution < 1.29 is 8.42 Å². The molecule has 3 aromatic carbocycles. The predicted octanol–water partition coefficient (Wildman–Crippen LogP) is 5.55. The maximum atomic E-state index is 13.9. The molecule has 1 aliphatic heterocycles. The second kappa shape index (κ2) is 7.10. The van der Waals surface area contributed by atoms with Crippen LogP contribution >= 0.6 is 11.3 Å². The molecule has 29 heavy (non-hydrogen) atoms. The van der Waals surface area contributed by atoms with Crippen LogP contribution in [0.15, 0.2) is 83.1 Å². The van der Waals surface area contributed by atoms with Gasteiger partial charge in [-0.3, -0.25) is 0 Å². The zero-order valence-corrected chi connectivity index (χ0v) is 17.7. The van der Waals surface area contributed by atoms with Gasteiger partial charge in [0.1, 0.15) is 0 Å². The topological polar surface area (TPSA) is 37.4 Å². The van der Waals surface area contributed by atoms with Crippen LogP contribution in [-0.2, 0) is 16.4 Å². The van der Waals surface area contributed by atoms with Crippen LogP contribution in [-0.4, -0.2) is 19.3 Å². The van der Waals surface area contributed by atoms with Crippen LogP contribution in [0.25, 0.3) is 10.8 Å². The van der Waals surface area contributed by atoms with E-state index in [1.165, 1.54) is 10.4 Å². The van der Waals surface area contributed by atoms with Gasteiger partial charge in [-0.25, -0.2) is 8.42 Å². The van der Waals surface area contributed by atoms with Gasteiger partial charge in [-0.15, -0.1) is 11.3 Å². The lowest BCUT2D eigenvalue weighted by molar-refractivity contribution is 0.347. The quantitative estimate of drug-likeness (QED) is 0.437. The van der Waals surface area contributed by atoms with Crippen LogP contribution in [0.2, 0.25) is 0 Å². The number of thiophene rings is 1. The first-order valence-corrected chi connectivity index (χ1v) is 12.0.